The predicted molar refractivity (Wildman–Crippen MR) is 73.6 cm³/mol. The number of carbonyl (C=O) groups excluding carboxylic acids is 1. The van der Waals surface area contributed by atoms with E-state index in [-0.39, 0.29) is 11.7 Å². The Morgan fingerprint density at radius 3 is 3.00 bits per heavy atom. The van der Waals surface area contributed by atoms with Gasteiger partial charge in [0.05, 0.1) is 5.69 Å². The highest BCUT2D eigenvalue weighted by Gasteiger charge is 2.20. The highest BCUT2D eigenvalue weighted by Crippen LogP contribution is 2.15. The van der Waals surface area contributed by atoms with E-state index >= 15 is 0 Å². The van der Waals surface area contributed by atoms with E-state index in [2.05, 4.69) is 22.9 Å². The molecule has 3 N–H and O–H groups in total. The van der Waals surface area contributed by atoms with Crippen molar-refractivity contribution in [2.45, 2.75) is 25.8 Å². The number of hydrogen-bond donors (Lipinski definition) is 3. The molecule has 0 spiro atoms. The highest BCUT2D eigenvalue weighted by molar-refractivity contribution is 5.89. The lowest BCUT2D eigenvalue weighted by Gasteiger charge is -2.30. The molecule has 0 saturated carbocycles. The van der Waals surface area contributed by atoms with Crippen LogP contribution in [-0.2, 0) is 0 Å². The number of nitrogens with one attached hydrogen (secondary N) is 3. The minimum Gasteiger partial charge on any atom is -0.336 e. The van der Waals surface area contributed by atoms with Gasteiger partial charge in [-0.05, 0) is 37.4 Å². The number of hydrogen-bond acceptors (Lipinski definition) is 2. The van der Waals surface area contributed by atoms with Gasteiger partial charge < -0.3 is 16.0 Å². The summed E-state index contributed by atoms with van der Waals surface area (Å²) in [6.07, 6.45) is 2.35. The molecular formula is C14H20FN3O. The fraction of sp³-hybridized carbons (Fsp3) is 0.500. The Kier molecular flexibility index (Phi) is 4.74. The number of piperidine rings is 1. The van der Waals surface area contributed by atoms with E-state index in [0.29, 0.717) is 18.5 Å². The molecule has 104 valence electrons. The van der Waals surface area contributed by atoms with Crippen LogP contribution in [0.1, 0.15) is 19.8 Å². The third-order valence-corrected chi connectivity index (χ3v) is 3.53. The maximum atomic E-state index is 13.4. The summed E-state index contributed by atoms with van der Waals surface area (Å²) in [7, 11) is 0. The highest BCUT2D eigenvalue weighted by atomic mass is 19.1. The molecule has 0 aromatic heterocycles. The molecule has 1 aliphatic rings. The van der Waals surface area contributed by atoms with E-state index in [0.717, 1.165) is 6.54 Å². The van der Waals surface area contributed by atoms with Gasteiger partial charge in [-0.2, -0.15) is 0 Å². The number of urea groups is 1. The SMILES string of the molecule is CC1CCCNC1CNC(=O)Nc1ccccc1F. The molecule has 1 aromatic rings. The van der Waals surface area contributed by atoms with Crippen LogP contribution in [0.4, 0.5) is 14.9 Å². The maximum Gasteiger partial charge on any atom is 0.319 e. The van der Waals surface area contributed by atoms with E-state index in [1.807, 2.05) is 0 Å². The van der Waals surface area contributed by atoms with Crippen molar-refractivity contribution in [1.82, 2.24) is 10.6 Å². The summed E-state index contributed by atoms with van der Waals surface area (Å²) >= 11 is 0. The summed E-state index contributed by atoms with van der Waals surface area (Å²) in [6, 6.07) is 6.05. The van der Waals surface area contributed by atoms with Gasteiger partial charge in [0, 0.05) is 12.6 Å². The van der Waals surface area contributed by atoms with Gasteiger partial charge >= 0.3 is 6.03 Å². The molecule has 0 aliphatic carbocycles. The number of carbonyl (C=O) groups is 1. The molecule has 1 aromatic carbocycles. The largest absolute Gasteiger partial charge is 0.336 e. The topological polar surface area (TPSA) is 53.2 Å². The zero-order valence-electron chi connectivity index (χ0n) is 11.1. The van der Waals surface area contributed by atoms with Gasteiger partial charge in [0.15, 0.2) is 0 Å². The first-order valence-electron chi connectivity index (χ1n) is 6.69. The van der Waals surface area contributed by atoms with Crippen molar-refractivity contribution in [2.75, 3.05) is 18.4 Å². The molecule has 1 saturated heterocycles. The van der Waals surface area contributed by atoms with Crippen LogP contribution in [0.5, 0.6) is 0 Å². The Morgan fingerprint density at radius 1 is 1.47 bits per heavy atom. The van der Waals surface area contributed by atoms with Crippen molar-refractivity contribution < 1.29 is 9.18 Å². The van der Waals surface area contributed by atoms with Crippen LogP contribution in [0.3, 0.4) is 0 Å². The van der Waals surface area contributed by atoms with Gasteiger partial charge in [-0.25, -0.2) is 9.18 Å². The molecule has 1 heterocycles. The third-order valence-electron chi connectivity index (χ3n) is 3.53. The van der Waals surface area contributed by atoms with Crippen molar-refractivity contribution in [3.63, 3.8) is 0 Å². The van der Waals surface area contributed by atoms with Crippen molar-refractivity contribution >= 4 is 11.7 Å². The van der Waals surface area contributed by atoms with Crippen molar-refractivity contribution in [1.29, 1.82) is 0 Å². The summed E-state index contributed by atoms with van der Waals surface area (Å²) in [5, 5.41) is 8.67. The first-order valence-corrected chi connectivity index (χ1v) is 6.69. The predicted octanol–water partition coefficient (Wildman–Crippen LogP) is 2.34. The van der Waals surface area contributed by atoms with Gasteiger partial charge in [0.1, 0.15) is 5.82 Å². The van der Waals surface area contributed by atoms with E-state index in [4.69, 9.17) is 0 Å². The lowest BCUT2D eigenvalue weighted by Crippen LogP contribution is -2.48. The van der Waals surface area contributed by atoms with Crippen LogP contribution in [0, 0.1) is 11.7 Å². The van der Waals surface area contributed by atoms with Crippen molar-refractivity contribution in [3.05, 3.63) is 30.1 Å². The molecule has 5 heteroatoms. The van der Waals surface area contributed by atoms with Gasteiger partial charge in [0.25, 0.3) is 0 Å². The zero-order valence-corrected chi connectivity index (χ0v) is 11.1. The normalized spacial score (nSPS) is 22.8. The van der Waals surface area contributed by atoms with Crippen molar-refractivity contribution in [2.24, 2.45) is 5.92 Å². The molecule has 2 unspecified atom stereocenters. The van der Waals surface area contributed by atoms with Crippen LogP contribution in [0.15, 0.2) is 24.3 Å². The fourth-order valence-corrected chi connectivity index (χ4v) is 2.32. The number of benzene rings is 1. The minimum absolute atomic E-state index is 0.199. The summed E-state index contributed by atoms with van der Waals surface area (Å²) in [5.74, 6) is 0.115. The van der Waals surface area contributed by atoms with Gasteiger partial charge in [0.2, 0.25) is 0 Å². The van der Waals surface area contributed by atoms with E-state index in [1.54, 1.807) is 12.1 Å². The minimum atomic E-state index is -0.429. The molecule has 19 heavy (non-hydrogen) atoms. The molecule has 0 radical (unpaired) electrons. The van der Waals surface area contributed by atoms with Gasteiger partial charge in [-0.3, -0.25) is 0 Å². The number of anilines is 1. The maximum absolute atomic E-state index is 13.4. The van der Waals surface area contributed by atoms with Crippen LogP contribution >= 0.6 is 0 Å². The Balaban J connectivity index is 1.80. The Morgan fingerprint density at radius 2 is 2.26 bits per heavy atom. The Bertz CT molecular complexity index is 438. The molecule has 2 rings (SSSR count). The van der Waals surface area contributed by atoms with Crippen LogP contribution in [-0.4, -0.2) is 25.2 Å². The van der Waals surface area contributed by atoms with Crippen LogP contribution in [0.25, 0.3) is 0 Å². The first kappa shape index (κ1) is 13.8. The number of halogens is 1. The zero-order chi connectivity index (χ0) is 13.7. The second-order valence-electron chi connectivity index (χ2n) is 5.00. The molecular weight excluding hydrogens is 245 g/mol. The quantitative estimate of drug-likeness (QED) is 0.785. The molecule has 2 amide bonds. The second kappa shape index (κ2) is 6.52. The van der Waals surface area contributed by atoms with E-state index in [9.17, 15) is 9.18 Å². The molecule has 0 bridgehead atoms. The monoisotopic (exact) mass is 265 g/mol. The lowest BCUT2D eigenvalue weighted by atomic mass is 9.93. The summed E-state index contributed by atoms with van der Waals surface area (Å²) in [4.78, 5) is 11.7. The Labute approximate surface area is 112 Å². The molecule has 4 nitrogen and oxygen atoms in total. The number of rotatable bonds is 3. The average molecular weight is 265 g/mol. The van der Waals surface area contributed by atoms with Crippen LogP contribution < -0.4 is 16.0 Å². The summed E-state index contributed by atoms with van der Waals surface area (Å²) < 4.78 is 13.4. The number of amides is 2. The fourth-order valence-electron chi connectivity index (χ4n) is 2.32. The van der Waals surface area contributed by atoms with E-state index < -0.39 is 5.82 Å². The smallest absolute Gasteiger partial charge is 0.319 e. The Hall–Kier alpha value is -1.62. The molecule has 2 atom stereocenters. The van der Waals surface area contributed by atoms with Crippen molar-refractivity contribution in [3.8, 4) is 0 Å². The van der Waals surface area contributed by atoms with Gasteiger partial charge in [-0.1, -0.05) is 19.1 Å². The summed E-state index contributed by atoms with van der Waals surface area (Å²) in [5.41, 5.74) is 0.199. The van der Waals surface area contributed by atoms with E-state index in [1.165, 1.54) is 25.0 Å². The van der Waals surface area contributed by atoms with Crippen LogP contribution in [0.2, 0.25) is 0 Å². The lowest BCUT2D eigenvalue weighted by molar-refractivity contribution is 0.244. The first-order chi connectivity index (χ1) is 9.16. The standard InChI is InChI=1S/C14H20FN3O/c1-10-5-4-8-16-13(10)9-17-14(19)18-12-7-3-2-6-11(12)15/h2-3,6-7,10,13,16H,4-5,8-9H2,1H3,(H2,17,18,19). The second-order valence-corrected chi connectivity index (χ2v) is 5.00. The molecule has 1 aliphatic heterocycles. The average Bonchev–Trinajstić information content (AvgIpc) is 2.40. The van der Waals surface area contributed by atoms with Gasteiger partial charge in [-0.15, -0.1) is 0 Å². The number of para-hydroxylation sites is 1. The summed E-state index contributed by atoms with van der Waals surface area (Å²) in [6.45, 7) is 3.72. The third kappa shape index (κ3) is 3.92. The molecule has 1 fully saturated rings.